The number of halogens is 1. The van der Waals surface area contributed by atoms with Crippen molar-refractivity contribution >= 4 is 24.2 Å². The molecule has 0 bridgehead atoms. The average molecular weight is 332 g/mol. The van der Waals surface area contributed by atoms with Crippen LogP contribution in [0.3, 0.4) is 0 Å². The van der Waals surface area contributed by atoms with Crippen molar-refractivity contribution in [1.82, 2.24) is 10.2 Å². The van der Waals surface area contributed by atoms with Gasteiger partial charge in [-0.25, -0.2) is 0 Å². The molecule has 22 heavy (non-hydrogen) atoms. The number of carbonyl (C=O) groups is 2. The zero-order valence-electron chi connectivity index (χ0n) is 13.7. The number of hydrogen-bond donors (Lipinski definition) is 2. The fraction of sp³-hybridized carbons (Fsp3) is 0.875. The molecule has 2 aliphatic rings. The molecule has 0 saturated heterocycles. The molecule has 6 heteroatoms. The Kier molecular flexibility index (Phi) is 7.63. The molecule has 2 aliphatic carbocycles. The molecule has 0 aliphatic heterocycles. The van der Waals surface area contributed by atoms with Crippen molar-refractivity contribution in [2.24, 2.45) is 17.6 Å². The fourth-order valence-electron chi connectivity index (χ4n) is 3.75. The summed E-state index contributed by atoms with van der Waals surface area (Å²) in [5, 5.41) is 3.12. The molecule has 0 aromatic heterocycles. The Morgan fingerprint density at radius 2 is 1.82 bits per heavy atom. The Morgan fingerprint density at radius 3 is 2.41 bits per heavy atom. The second kappa shape index (κ2) is 8.73. The van der Waals surface area contributed by atoms with Crippen LogP contribution < -0.4 is 11.1 Å². The highest BCUT2D eigenvalue weighted by atomic mass is 35.5. The van der Waals surface area contributed by atoms with Crippen LogP contribution in [0.2, 0.25) is 0 Å². The first-order chi connectivity index (χ1) is 9.97. The van der Waals surface area contributed by atoms with Crippen LogP contribution in [0.4, 0.5) is 0 Å². The van der Waals surface area contributed by atoms with E-state index in [9.17, 15) is 9.59 Å². The highest BCUT2D eigenvalue weighted by Crippen LogP contribution is 2.28. The first-order valence-electron chi connectivity index (χ1n) is 8.23. The number of hydrogen-bond acceptors (Lipinski definition) is 3. The summed E-state index contributed by atoms with van der Waals surface area (Å²) in [5.41, 5.74) is 6.03. The van der Waals surface area contributed by atoms with Gasteiger partial charge in [0.05, 0.1) is 0 Å². The SMILES string of the molecule is CN(C)C(=O)C1CCCC(NC(=O)C[C@@H]2CCC[C@H]2N)C1.Cl. The molecule has 128 valence electrons. The summed E-state index contributed by atoms with van der Waals surface area (Å²) in [6, 6.07) is 0.336. The third kappa shape index (κ3) is 5.13. The first-order valence-corrected chi connectivity index (χ1v) is 8.23. The highest BCUT2D eigenvalue weighted by Gasteiger charge is 2.30. The summed E-state index contributed by atoms with van der Waals surface area (Å²) in [6.45, 7) is 0. The summed E-state index contributed by atoms with van der Waals surface area (Å²) in [6.07, 6.45) is 7.52. The van der Waals surface area contributed by atoms with Gasteiger partial charge >= 0.3 is 0 Å². The molecule has 5 nitrogen and oxygen atoms in total. The molecule has 2 saturated carbocycles. The van der Waals surface area contributed by atoms with Crippen molar-refractivity contribution in [2.75, 3.05) is 14.1 Å². The van der Waals surface area contributed by atoms with Gasteiger partial charge < -0.3 is 16.0 Å². The van der Waals surface area contributed by atoms with Crippen molar-refractivity contribution in [3.8, 4) is 0 Å². The molecule has 2 amide bonds. The third-order valence-corrected chi connectivity index (χ3v) is 4.99. The summed E-state index contributed by atoms with van der Waals surface area (Å²) in [7, 11) is 3.60. The van der Waals surface area contributed by atoms with Crippen LogP contribution >= 0.6 is 12.4 Å². The predicted octanol–water partition coefficient (Wildman–Crippen LogP) is 1.69. The van der Waals surface area contributed by atoms with Crippen LogP contribution in [0.5, 0.6) is 0 Å². The Balaban J connectivity index is 0.00000242. The minimum atomic E-state index is 0. The Bertz CT molecular complexity index is 390. The average Bonchev–Trinajstić information content (AvgIpc) is 2.83. The van der Waals surface area contributed by atoms with E-state index in [1.807, 2.05) is 0 Å². The topological polar surface area (TPSA) is 75.4 Å². The minimum absolute atomic E-state index is 0. The number of nitrogens with zero attached hydrogens (tertiary/aromatic N) is 1. The number of amides is 2. The lowest BCUT2D eigenvalue weighted by atomic mass is 9.84. The van der Waals surface area contributed by atoms with Crippen LogP contribution in [-0.4, -0.2) is 42.9 Å². The largest absolute Gasteiger partial charge is 0.353 e. The number of nitrogens with one attached hydrogen (secondary N) is 1. The monoisotopic (exact) mass is 331 g/mol. The predicted molar refractivity (Wildman–Crippen MR) is 89.8 cm³/mol. The summed E-state index contributed by atoms with van der Waals surface area (Å²) < 4.78 is 0. The second-order valence-electron chi connectivity index (χ2n) is 6.92. The van der Waals surface area contributed by atoms with Gasteiger partial charge in [0.15, 0.2) is 0 Å². The summed E-state index contributed by atoms with van der Waals surface area (Å²) in [4.78, 5) is 25.9. The molecule has 4 atom stereocenters. The van der Waals surface area contributed by atoms with E-state index in [0.717, 1.165) is 44.9 Å². The van der Waals surface area contributed by atoms with Crippen LogP contribution in [0, 0.1) is 11.8 Å². The van der Waals surface area contributed by atoms with Gasteiger partial charge in [0.25, 0.3) is 0 Å². The van der Waals surface area contributed by atoms with Gasteiger partial charge in [-0.1, -0.05) is 12.8 Å². The van der Waals surface area contributed by atoms with Crippen molar-refractivity contribution in [3.63, 3.8) is 0 Å². The van der Waals surface area contributed by atoms with E-state index in [2.05, 4.69) is 5.32 Å². The van der Waals surface area contributed by atoms with Gasteiger partial charge in [-0.3, -0.25) is 9.59 Å². The molecule has 2 unspecified atom stereocenters. The lowest BCUT2D eigenvalue weighted by Crippen LogP contribution is -2.43. The second-order valence-corrected chi connectivity index (χ2v) is 6.92. The van der Waals surface area contributed by atoms with Crippen LogP contribution in [0.15, 0.2) is 0 Å². The van der Waals surface area contributed by atoms with E-state index in [1.165, 1.54) is 0 Å². The molecule has 0 aromatic carbocycles. The van der Waals surface area contributed by atoms with Crippen LogP contribution in [0.25, 0.3) is 0 Å². The standard InChI is InChI=1S/C16H29N3O2.ClH/c1-19(2)16(21)12-6-3-7-13(9-12)18-15(20)10-11-5-4-8-14(11)17;/h11-14H,3-10,17H2,1-2H3,(H,18,20);1H/t11-,12?,13?,14+;/m0./s1. The third-order valence-electron chi connectivity index (χ3n) is 4.99. The summed E-state index contributed by atoms with van der Waals surface area (Å²) in [5.74, 6) is 0.702. The molecular weight excluding hydrogens is 302 g/mol. The van der Waals surface area contributed by atoms with Gasteiger partial charge in [0, 0.05) is 38.5 Å². The Hall–Kier alpha value is -0.810. The smallest absolute Gasteiger partial charge is 0.225 e. The zero-order valence-corrected chi connectivity index (χ0v) is 14.5. The lowest BCUT2D eigenvalue weighted by molar-refractivity contribution is -0.135. The normalized spacial score (nSPS) is 31.2. The molecule has 3 N–H and O–H groups in total. The quantitative estimate of drug-likeness (QED) is 0.823. The minimum Gasteiger partial charge on any atom is -0.353 e. The Labute approximate surface area is 139 Å². The van der Waals surface area contributed by atoms with Crippen molar-refractivity contribution in [3.05, 3.63) is 0 Å². The lowest BCUT2D eigenvalue weighted by Gasteiger charge is -2.31. The van der Waals surface area contributed by atoms with E-state index >= 15 is 0 Å². The maximum atomic E-state index is 12.2. The molecule has 2 fully saturated rings. The Morgan fingerprint density at radius 1 is 1.14 bits per heavy atom. The molecule has 0 spiro atoms. The van der Waals surface area contributed by atoms with Crippen LogP contribution in [0.1, 0.15) is 51.4 Å². The van der Waals surface area contributed by atoms with Crippen molar-refractivity contribution in [2.45, 2.75) is 63.5 Å². The fourth-order valence-corrected chi connectivity index (χ4v) is 3.75. The zero-order chi connectivity index (χ0) is 15.4. The summed E-state index contributed by atoms with van der Waals surface area (Å²) >= 11 is 0. The van der Waals surface area contributed by atoms with Crippen LogP contribution in [-0.2, 0) is 9.59 Å². The van der Waals surface area contributed by atoms with Gasteiger partial charge in [-0.2, -0.15) is 0 Å². The number of nitrogens with two attached hydrogens (primary N) is 1. The van der Waals surface area contributed by atoms with E-state index in [1.54, 1.807) is 19.0 Å². The van der Waals surface area contributed by atoms with Gasteiger partial charge in [-0.15, -0.1) is 12.4 Å². The van der Waals surface area contributed by atoms with E-state index in [0.29, 0.717) is 12.3 Å². The maximum absolute atomic E-state index is 12.2. The van der Waals surface area contributed by atoms with Crippen molar-refractivity contribution in [1.29, 1.82) is 0 Å². The number of carbonyl (C=O) groups excluding carboxylic acids is 2. The van der Waals surface area contributed by atoms with Gasteiger partial charge in [0.1, 0.15) is 0 Å². The molecule has 0 radical (unpaired) electrons. The highest BCUT2D eigenvalue weighted by molar-refractivity contribution is 5.85. The maximum Gasteiger partial charge on any atom is 0.225 e. The molecule has 0 heterocycles. The van der Waals surface area contributed by atoms with E-state index in [4.69, 9.17) is 5.73 Å². The number of rotatable bonds is 4. The molecule has 0 aromatic rings. The molecule has 2 rings (SSSR count). The first kappa shape index (κ1) is 19.2. The van der Waals surface area contributed by atoms with Gasteiger partial charge in [0.2, 0.25) is 11.8 Å². The van der Waals surface area contributed by atoms with Crippen molar-refractivity contribution < 1.29 is 9.59 Å². The van der Waals surface area contributed by atoms with E-state index in [-0.39, 0.29) is 42.2 Å². The van der Waals surface area contributed by atoms with Gasteiger partial charge in [-0.05, 0) is 38.0 Å². The molecular formula is C16H30ClN3O2. The van der Waals surface area contributed by atoms with E-state index < -0.39 is 0 Å².